The topological polar surface area (TPSA) is 253 Å². The third-order valence-corrected chi connectivity index (χ3v) is 12.4. The molecule has 0 saturated carbocycles. The summed E-state index contributed by atoms with van der Waals surface area (Å²) in [6.07, 6.45) is -0.189. The Morgan fingerprint density at radius 3 is 1.70 bits per heavy atom. The highest BCUT2D eigenvalue weighted by molar-refractivity contribution is 7.80. The first kappa shape index (κ1) is 40.5. The Morgan fingerprint density at radius 2 is 1.27 bits per heavy atom. The molecule has 16 nitrogen and oxygen atoms in total. The number of carbonyl (C=O) groups excluding carboxylic acids is 6. The Morgan fingerprint density at radius 1 is 0.786 bits per heavy atom. The molecule has 0 radical (unpaired) electrons. The Hall–Kier alpha value is -5.14. The molecule has 0 aliphatic carbocycles. The van der Waals surface area contributed by atoms with E-state index in [0.29, 0.717) is 11.1 Å². The first-order chi connectivity index (χ1) is 26.6. The molecule has 4 aliphatic heterocycles. The number of hydrogen-bond acceptors (Lipinski definition) is 12. The summed E-state index contributed by atoms with van der Waals surface area (Å²) in [6, 6.07) is 18.1. The Labute approximate surface area is 335 Å². The maximum Gasteiger partial charge on any atom is 0.251 e. The third-order valence-electron chi connectivity index (χ3n) is 11.6. The second kappa shape index (κ2) is 15.1. The summed E-state index contributed by atoms with van der Waals surface area (Å²) < 4.78 is 0. The van der Waals surface area contributed by atoms with Gasteiger partial charge < -0.3 is 42.1 Å². The number of nitrogens with one attached hydrogen (secondary N) is 1. The molecule has 6 unspecified atom stereocenters. The second-order valence-electron chi connectivity index (χ2n) is 15.4. The van der Waals surface area contributed by atoms with Crippen molar-refractivity contribution in [3.8, 4) is 12.1 Å². The van der Waals surface area contributed by atoms with E-state index in [0.717, 1.165) is 0 Å². The van der Waals surface area contributed by atoms with E-state index in [1.54, 1.807) is 67.6 Å². The van der Waals surface area contributed by atoms with Crippen LogP contribution in [0.2, 0.25) is 0 Å². The lowest BCUT2D eigenvalue weighted by molar-refractivity contribution is -0.171. The second-order valence-corrected chi connectivity index (χ2v) is 16.1. The molecular weight excluding hydrogens is 757 g/mol. The van der Waals surface area contributed by atoms with Gasteiger partial charge in [0.25, 0.3) is 11.8 Å². The Kier molecular flexibility index (Phi) is 10.9. The first-order valence-corrected chi connectivity index (χ1v) is 19.3. The molecule has 2 aromatic carbocycles. The van der Waals surface area contributed by atoms with Crippen LogP contribution < -0.4 is 22.5 Å². The van der Waals surface area contributed by atoms with E-state index in [2.05, 4.69) is 42.7 Å². The smallest absolute Gasteiger partial charge is 0.251 e. The van der Waals surface area contributed by atoms with Crippen molar-refractivity contribution in [1.82, 2.24) is 24.9 Å². The van der Waals surface area contributed by atoms with Gasteiger partial charge in [-0.1, -0.05) is 60.7 Å². The molecule has 2 aromatic rings. The molecule has 18 heteroatoms. The molecule has 294 valence electrons. The minimum atomic E-state index is -1.57. The number of rotatable bonds is 13. The van der Waals surface area contributed by atoms with E-state index < -0.39 is 81.5 Å². The fraction of sp³-hybridized carbons (Fsp3) is 0.474. The van der Waals surface area contributed by atoms with E-state index in [1.807, 2.05) is 0 Å². The summed E-state index contributed by atoms with van der Waals surface area (Å²) >= 11 is 8.80. The fourth-order valence-corrected chi connectivity index (χ4v) is 9.82. The summed E-state index contributed by atoms with van der Waals surface area (Å²) in [7, 11) is 0. The molecule has 4 saturated heterocycles. The Bertz CT molecular complexity index is 2030. The van der Waals surface area contributed by atoms with Gasteiger partial charge in [0, 0.05) is 30.9 Å². The quantitative estimate of drug-likeness (QED) is 0.109. The molecule has 0 bridgehead atoms. The molecule has 6 amide bonds. The van der Waals surface area contributed by atoms with E-state index in [-0.39, 0.29) is 57.1 Å². The predicted molar refractivity (Wildman–Crippen MR) is 208 cm³/mol. The minimum Gasteiger partial charge on any atom is -0.368 e. The Balaban J connectivity index is 1.41. The van der Waals surface area contributed by atoms with Crippen LogP contribution in [0.15, 0.2) is 60.7 Å². The lowest BCUT2D eigenvalue weighted by Gasteiger charge is -2.52. The SMILES string of the molecule is CC1(C#N)CC2(CN(CC(N)=O)C2=O)N(C(=O)[C@@H](CS)NCC2(C#N)CC3(CN(CC(N)=O)C3=O)N(C(=O)[C@@H](N)CS)C2c2ccccc2)C1c1ccccc1. The monoisotopic (exact) mass is 800 g/mol. The molecule has 8 atom stereocenters. The molecule has 7 N–H and O–H groups in total. The van der Waals surface area contributed by atoms with Crippen molar-refractivity contribution in [2.45, 2.75) is 55.0 Å². The average molecular weight is 801 g/mol. The number of thiol groups is 2. The molecule has 0 aromatic heterocycles. The van der Waals surface area contributed by atoms with Crippen molar-refractivity contribution < 1.29 is 28.8 Å². The number of nitrogens with two attached hydrogens (primary N) is 3. The number of nitrogens with zero attached hydrogens (tertiary/aromatic N) is 6. The van der Waals surface area contributed by atoms with Crippen molar-refractivity contribution >= 4 is 60.7 Å². The van der Waals surface area contributed by atoms with E-state index in [1.165, 1.54) is 19.6 Å². The van der Waals surface area contributed by atoms with Gasteiger partial charge in [-0.25, -0.2) is 0 Å². The standard InChI is InChI=1S/C38H44N10O6S2/c1-35(18-39)16-37(21-45(33(37)53)12-27(42)49)47(29(35)23-8-4-2-5-9-23)32(52)26(15-56)44-20-36(19-40)17-38(22-46(34(38)54)13-28(43)50)48(31(51)25(41)14-55)30(36)24-10-6-3-7-11-24/h2-11,25-26,29-30,44,55-56H,12-17,20-22,41H2,1H3,(H2,42,49)(H2,43,50)/t25-,26+,29?,30?,35?,36?,37?,38?/m0/s1. The van der Waals surface area contributed by atoms with Crippen LogP contribution in [-0.4, -0.2) is 122 Å². The van der Waals surface area contributed by atoms with Crippen LogP contribution in [0, 0.1) is 33.5 Å². The van der Waals surface area contributed by atoms with Crippen LogP contribution in [-0.2, 0) is 28.8 Å². The van der Waals surface area contributed by atoms with Gasteiger partial charge in [0.15, 0.2) is 0 Å². The van der Waals surface area contributed by atoms with Crippen LogP contribution in [0.4, 0.5) is 0 Å². The molecule has 2 spiro atoms. The summed E-state index contributed by atoms with van der Waals surface area (Å²) in [5.41, 5.74) is 12.4. The maximum absolute atomic E-state index is 15.1. The molecule has 56 heavy (non-hydrogen) atoms. The number of likely N-dealkylation sites (tertiary alicyclic amines) is 4. The van der Waals surface area contributed by atoms with Crippen molar-refractivity contribution in [3.05, 3.63) is 71.8 Å². The largest absolute Gasteiger partial charge is 0.368 e. The van der Waals surface area contributed by atoms with Crippen LogP contribution in [0.1, 0.15) is 43.0 Å². The molecule has 4 fully saturated rings. The van der Waals surface area contributed by atoms with Gasteiger partial charge in [-0.3, -0.25) is 28.8 Å². The lowest BCUT2D eigenvalue weighted by atomic mass is 9.73. The summed E-state index contributed by atoms with van der Waals surface area (Å²) in [5, 5.41) is 25.0. The highest BCUT2D eigenvalue weighted by Crippen LogP contribution is 2.59. The number of carbonyl (C=O) groups is 6. The molecular formula is C38H44N10O6S2. The van der Waals surface area contributed by atoms with Gasteiger partial charge >= 0.3 is 0 Å². The number of nitriles is 2. The average Bonchev–Trinajstić information content (AvgIpc) is 3.67. The number of benzene rings is 2. The van der Waals surface area contributed by atoms with Crippen molar-refractivity contribution in [2.75, 3.05) is 44.2 Å². The minimum absolute atomic E-state index is 0.0116. The zero-order valence-corrected chi connectivity index (χ0v) is 32.5. The fourth-order valence-electron chi connectivity index (χ4n) is 9.38. The van der Waals surface area contributed by atoms with Gasteiger partial charge in [0.05, 0.1) is 73.3 Å². The number of β-lactam (4-membered cyclic amide) rings is 2. The zero-order chi connectivity index (χ0) is 40.8. The van der Waals surface area contributed by atoms with E-state index >= 15 is 4.79 Å². The summed E-state index contributed by atoms with van der Waals surface area (Å²) in [5.74, 6) is -3.93. The number of amides is 6. The van der Waals surface area contributed by atoms with Crippen LogP contribution in [0.25, 0.3) is 0 Å². The zero-order valence-electron chi connectivity index (χ0n) is 30.7. The summed E-state index contributed by atoms with van der Waals surface area (Å²) in [6.45, 7) is 0.589. The molecule has 6 rings (SSSR count). The van der Waals surface area contributed by atoms with Gasteiger partial charge in [0.2, 0.25) is 23.6 Å². The summed E-state index contributed by atoms with van der Waals surface area (Å²) in [4.78, 5) is 86.3. The predicted octanol–water partition coefficient (Wildman–Crippen LogP) is -0.749. The third kappa shape index (κ3) is 6.34. The van der Waals surface area contributed by atoms with E-state index in [9.17, 15) is 34.5 Å². The number of primary amides is 2. The lowest BCUT2D eigenvalue weighted by Crippen LogP contribution is -2.75. The molecule has 4 heterocycles. The van der Waals surface area contributed by atoms with E-state index in [4.69, 9.17) is 17.2 Å². The highest BCUT2D eigenvalue weighted by atomic mass is 32.1. The van der Waals surface area contributed by atoms with Crippen molar-refractivity contribution in [1.29, 1.82) is 10.5 Å². The number of hydrogen-bond donors (Lipinski definition) is 6. The van der Waals surface area contributed by atoms with Gasteiger partial charge in [0.1, 0.15) is 11.1 Å². The normalized spacial score (nSPS) is 30.4. The van der Waals surface area contributed by atoms with Gasteiger partial charge in [-0.05, 0) is 18.1 Å². The van der Waals surface area contributed by atoms with Gasteiger partial charge in [-0.2, -0.15) is 35.8 Å². The first-order valence-electron chi connectivity index (χ1n) is 18.0. The molecule has 4 aliphatic rings. The maximum atomic E-state index is 15.1. The van der Waals surface area contributed by atoms with Crippen LogP contribution >= 0.6 is 25.3 Å². The van der Waals surface area contributed by atoms with Crippen LogP contribution in [0.5, 0.6) is 0 Å². The van der Waals surface area contributed by atoms with Gasteiger partial charge in [-0.15, -0.1) is 0 Å². The van der Waals surface area contributed by atoms with Crippen molar-refractivity contribution in [3.63, 3.8) is 0 Å². The van der Waals surface area contributed by atoms with Crippen LogP contribution in [0.3, 0.4) is 0 Å². The van der Waals surface area contributed by atoms with Crippen molar-refractivity contribution in [2.24, 2.45) is 28.0 Å². The highest BCUT2D eigenvalue weighted by Gasteiger charge is 2.72.